The molecule has 0 rings (SSSR count). The summed E-state index contributed by atoms with van der Waals surface area (Å²) in [6.45, 7) is 6.83. The summed E-state index contributed by atoms with van der Waals surface area (Å²) in [5.74, 6) is -1.30. The van der Waals surface area contributed by atoms with Crippen molar-refractivity contribution in [3.8, 4) is 0 Å². The Morgan fingerprint density at radius 2 is 1.80 bits per heavy atom. The lowest BCUT2D eigenvalue weighted by Gasteiger charge is -2.32. The summed E-state index contributed by atoms with van der Waals surface area (Å²) in [5.41, 5.74) is -0.316. The second-order valence-corrected chi connectivity index (χ2v) is 3.85. The van der Waals surface area contributed by atoms with Crippen LogP contribution in [0.4, 0.5) is 0 Å². The average Bonchev–Trinajstić information content (AvgIpc) is 2.19. The molecule has 15 heavy (non-hydrogen) atoms. The number of hydrogen-bond donors (Lipinski definition) is 0. The largest absolute Gasteiger partial charge is 0.375 e. The first kappa shape index (κ1) is 14.5. The topological polar surface area (TPSA) is 57.1 Å². The van der Waals surface area contributed by atoms with E-state index in [2.05, 4.69) is 4.99 Å². The molecule has 5 nitrogen and oxygen atoms in total. The van der Waals surface area contributed by atoms with Crippen LogP contribution in [-0.2, 0) is 19.0 Å². The SMILES string of the molecule is CCOC([SiH3])C(N=C=O)(OCC)OCC. The van der Waals surface area contributed by atoms with E-state index in [1.54, 1.807) is 0 Å². The van der Waals surface area contributed by atoms with Gasteiger partial charge in [0.15, 0.2) is 0 Å². The van der Waals surface area contributed by atoms with Gasteiger partial charge in [-0.2, -0.15) is 0 Å². The lowest BCUT2D eigenvalue weighted by molar-refractivity contribution is -0.264. The summed E-state index contributed by atoms with van der Waals surface area (Å²) in [5, 5.41) is 0. The van der Waals surface area contributed by atoms with Gasteiger partial charge >= 0.3 is 5.91 Å². The molecule has 88 valence electrons. The monoisotopic (exact) mass is 233 g/mol. The molecule has 0 amide bonds. The van der Waals surface area contributed by atoms with Gasteiger partial charge in [-0.3, -0.25) is 0 Å². The van der Waals surface area contributed by atoms with E-state index in [1.807, 2.05) is 20.8 Å². The lowest BCUT2D eigenvalue weighted by Crippen LogP contribution is -2.48. The molecule has 1 atom stereocenters. The van der Waals surface area contributed by atoms with Gasteiger partial charge in [-0.25, -0.2) is 4.79 Å². The van der Waals surface area contributed by atoms with E-state index >= 15 is 0 Å². The van der Waals surface area contributed by atoms with Crippen molar-refractivity contribution in [2.24, 2.45) is 4.99 Å². The summed E-state index contributed by atoms with van der Waals surface area (Å²) >= 11 is 0. The fraction of sp³-hybridized carbons (Fsp3) is 0.889. The lowest BCUT2D eigenvalue weighted by atomic mass is 10.5. The first-order valence-corrected chi connectivity index (χ1v) is 6.30. The van der Waals surface area contributed by atoms with E-state index in [4.69, 9.17) is 14.2 Å². The minimum absolute atomic E-state index is 0.316. The van der Waals surface area contributed by atoms with Gasteiger partial charge in [-0.05, 0) is 20.8 Å². The summed E-state index contributed by atoms with van der Waals surface area (Å²) < 4.78 is 16.2. The Bertz CT molecular complexity index is 212. The van der Waals surface area contributed by atoms with Crippen LogP contribution in [-0.4, -0.2) is 47.8 Å². The van der Waals surface area contributed by atoms with Crippen molar-refractivity contribution in [1.29, 1.82) is 0 Å². The fourth-order valence-corrected chi connectivity index (χ4v) is 2.06. The molecule has 0 spiro atoms. The van der Waals surface area contributed by atoms with Crippen LogP contribution >= 0.6 is 0 Å². The molecule has 1 unspecified atom stereocenters. The molecule has 0 fully saturated rings. The van der Waals surface area contributed by atoms with Gasteiger partial charge in [0.2, 0.25) is 6.08 Å². The van der Waals surface area contributed by atoms with Crippen LogP contribution < -0.4 is 0 Å². The third-order valence-corrected chi connectivity index (χ3v) is 2.90. The fourth-order valence-electron chi connectivity index (χ4n) is 1.26. The van der Waals surface area contributed by atoms with E-state index in [9.17, 15) is 4.79 Å². The second-order valence-electron chi connectivity index (χ2n) is 2.80. The molecule has 0 heterocycles. The standard InChI is InChI=1S/C9H19NO4Si/c1-4-12-8(15)9(10-7-11,13-5-2)14-6-3/h8H,4-6H2,1-3,15H3. The Balaban J connectivity index is 4.81. The Morgan fingerprint density at radius 3 is 2.13 bits per heavy atom. The van der Waals surface area contributed by atoms with Crippen LogP contribution in [0.3, 0.4) is 0 Å². The maximum Gasteiger partial charge on any atom is 0.303 e. The second kappa shape index (κ2) is 7.73. The van der Waals surface area contributed by atoms with Crippen molar-refractivity contribution in [3.05, 3.63) is 0 Å². The van der Waals surface area contributed by atoms with Gasteiger partial charge in [0, 0.05) is 30.1 Å². The van der Waals surface area contributed by atoms with Crippen molar-refractivity contribution in [3.63, 3.8) is 0 Å². The Morgan fingerprint density at radius 1 is 1.27 bits per heavy atom. The molecule has 0 aromatic heterocycles. The van der Waals surface area contributed by atoms with Gasteiger partial charge < -0.3 is 14.2 Å². The quantitative estimate of drug-likeness (QED) is 0.252. The average molecular weight is 233 g/mol. The molecule has 0 aliphatic carbocycles. The van der Waals surface area contributed by atoms with Gasteiger partial charge in [-0.1, -0.05) is 0 Å². The van der Waals surface area contributed by atoms with Crippen LogP contribution in [0.1, 0.15) is 20.8 Å². The van der Waals surface area contributed by atoms with Crippen LogP contribution in [0, 0.1) is 0 Å². The van der Waals surface area contributed by atoms with E-state index in [0.29, 0.717) is 30.1 Å². The molecule has 0 saturated carbocycles. The van der Waals surface area contributed by atoms with E-state index < -0.39 is 5.91 Å². The number of rotatable bonds is 8. The van der Waals surface area contributed by atoms with Crippen molar-refractivity contribution in [2.45, 2.75) is 32.4 Å². The van der Waals surface area contributed by atoms with Crippen molar-refractivity contribution < 1.29 is 19.0 Å². The Hall–Kier alpha value is -0.523. The van der Waals surface area contributed by atoms with Gasteiger partial charge in [0.05, 0.1) is 0 Å². The Kier molecular flexibility index (Phi) is 7.46. The summed E-state index contributed by atoms with van der Waals surface area (Å²) in [6.07, 6.45) is 1.48. The van der Waals surface area contributed by atoms with Crippen LogP contribution in [0.2, 0.25) is 0 Å². The molecule has 0 radical (unpaired) electrons. The zero-order chi connectivity index (χ0) is 11.7. The summed E-state index contributed by atoms with van der Waals surface area (Å²) in [6, 6.07) is 0. The number of nitrogens with zero attached hydrogens (tertiary/aromatic N) is 1. The number of isocyanates is 1. The van der Waals surface area contributed by atoms with Crippen molar-refractivity contribution in [1.82, 2.24) is 0 Å². The predicted octanol–water partition coefficient (Wildman–Crippen LogP) is -0.223. The normalized spacial score (nSPS) is 13.5. The molecular formula is C9H19NO4Si. The minimum Gasteiger partial charge on any atom is -0.375 e. The maximum absolute atomic E-state index is 10.4. The van der Waals surface area contributed by atoms with E-state index in [-0.39, 0.29) is 5.73 Å². The van der Waals surface area contributed by atoms with Crippen molar-refractivity contribution in [2.75, 3.05) is 19.8 Å². The number of aliphatic imine (C=N–C) groups is 1. The predicted molar refractivity (Wildman–Crippen MR) is 59.5 cm³/mol. The molecular weight excluding hydrogens is 214 g/mol. The van der Waals surface area contributed by atoms with Crippen molar-refractivity contribution >= 4 is 16.3 Å². The highest BCUT2D eigenvalue weighted by Gasteiger charge is 2.39. The molecule has 0 aliphatic heterocycles. The summed E-state index contributed by atoms with van der Waals surface area (Å²) in [4.78, 5) is 14.0. The van der Waals surface area contributed by atoms with E-state index in [1.165, 1.54) is 6.08 Å². The van der Waals surface area contributed by atoms with E-state index in [0.717, 1.165) is 0 Å². The third-order valence-electron chi connectivity index (χ3n) is 1.83. The number of carbonyl (C=O) groups excluding carboxylic acids is 1. The van der Waals surface area contributed by atoms with Gasteiger partial charge in [0.25, 0.3) is 0 Å². The van der Waals surface area contributed by atoms with Crippen LogP contribution in [0.15, 0.2) is 4.99 Å². The molecule has 0 aromatic rings. The van der Waals surface area contributed by atoms with Crippen LogP contribution in [0.5, 0.6) is 0 Å². The van der Waals surface area contributed by atoms with Crippen LogP contribution in [0.25, 0.3) is 0 Å². The molecule has 0 saturated heterocycles. The molecule has 0 aliphatic rings. The highest BCUT2D eigenvalue weighted by Crippen LogP contribution is 2.20. The zero-order valence-corrected chi connectivity index (χ0v) is 11.8. The minimum atomic E-state index is -1.30. The molecule has 0 bridgehead atoms. The number of ether oxygens (including phenoxy) is 3. The zero-order valence-electron chi connectivity index (χ0n) is 9.78. The smallest absolute Gasteiger partial charge is 0.303 e. The first-order valence-electron chi connectivity index (χ1n) is 5.15. The maximum atomic E-state index is 10.4. The molecule has 6 heteroatoms. The summed E-state index contributed by atoms with van der Waals surface area (Å²) in [7, 11) is 0.654. The Labute approximate surface area is 93.2 Å². The third kappa shape index (κ3) is 4.23. The van der Waals surface area contributed by atoms with Gasteiger partial charge in [0.1, 0.15) is 5.73 Å². The highest BCUT2D eigenvalue weighted by molar-refractivity contribution is 6.11. The number of hydrogen-bond acceptors (Lipinski definition) is 5. The van der Waals surface area contributed by atoms with Gasteiger partial charge in [-0.15, -0.1) is 4.99 Å². The molecule has 0 N–H and O–H groups in total. The highest BCUT2D eigenvalue weighted by atomic mass is 28.1. The first-order chi connectivity index (χ1) is 7.16. The molecule has 0 aromatic carbocycles.